The Bertz CT molecular complexity index is 664. The molecule has 8 heteroatoms. The predicted octanol–water partition coefficient (Wildman–Crippen LogP) is 0.287. The largest absolute Gasteiger partial charge is 0.398 e. The molecule has 0 saturated carbocycles. The number of nitriles is 1. The van der Waals surface area contributed by atoms with E-state index >= 15 is 0 Å². The molecular formula is C13H18N4O3S. The summed E-state index contributed by atoms with van der Waals surface area (Å²) < 4.78 is 26.2. The Labute approximate surface area is 124 Å². The summed E-state index contributed by atoms with van der Waals surface area (Å²) in [6.07, 6.45) is 0.562. The topological polar surface area (TPSA) is 116 Å². The molecule has 1 amide bonds. The molecule has 0 heterocycles. The van der Waals surface area contributed by atoms with Gasteiger partial charge >= 0.3 is 0 Å². The monoisotopic (exact) mass is 310 g/mol. The third-order valence-electron chi connectivity index (χ3n) is 2.83. The molecule has 0 saturated heterocycles. The summed E-state index contributed by atoms with van der Waals surface area (Å²) in [5, 5.41) is 11.2. The van der Waals surface area contributed by atoms with Gasteiger partial charge in [-0.05, 0) is 24.6 Å². The second-order valence-electron chi connectivity index (χ2n) is 4.38. The number of nitrogens with zero attached hydrogens (tertiary/aromatic N) is 2. The van der Waals surface area contributed by atoms with Crippen LogP contribution in [0.5, 0.6) is 0 Å². The lowest BCUT2D eigenvalue weighted by molar-refractivity contribution is -0.120. The fourth-order valence-corrected chi connectivity index (χ4v) is 3.35. The number of nitrogen functional groups attached to an aromatic ring is 1. The minimum Gasteiger partial charge on any atom is -0.398 e. The highest BCUT2D eigenvalue weighted by Crippen LogP contribution is 2.23. The first kappa shape index (κ1) is 16.9. The Balaban J connectivity index is 3.23. The van der Waals surface area contributed by atoms with Gasteiger partial charge in [-0.2, -0.15) is 9.57 Å². The van der Waals surface area contributed by atoms with E-state index in [2.05, 4.69) is 5.32 Å². The third-order valence-corrected chi connectivity index (χ3v) is 4.75. The average Bonchev–Trinajstić information content (AvgIpc) is 2.45. The van der Waals surface area contributed by atoms with Crippen molar-refractivity contribution in [3.8, 4) is 6.07 Å². The van der Waals surface area contributed by atoms with Gasteiger partial charge in [-0.3, -0.25) is 4.79 Å². The van der Waals surface area contributed by atoms with Crippen LogP contribution in [0.3, 0.4) is 0 Å². The van der Waals surface area contributed by atoms with Crippen LogP contribution in [0.25, 0.3) is 0 Å². The zero-order chi connectivity index (χ0) is 16.0. The quantitative estimate of drug-likeness (QED) is 0.732. The summed E-state index contributed by atoms with van der Waals surface area (Å²) in [6, 6.07) is 5.86. The van der Waals surface area contributed by atoms with Gasteiger partial charge in [0, 0.05) is 13.6 Å². The average molecular weight is 310 g/mol. The van der Waals surface area contributed by atoms with Crippen LogP contribution < -0.4 is 11.1 Å². The van der Waals surface area contributed by atoms with Crippen molar-refractivity contribution < 1.29 is 13.2 Å². The number of nitrogens with two attached hydrogens (primary N) is 1. The number of sulfonamides is 1. The van der Waals surface area contributed by atoms with Gasteiger partial charge in [0.25, 0.3) is 0 Å². The first-order chi connectivity index (χ1) is 9.86. The maximum atomic E-state index is 12.6. The van der Waals surface area contributed by atoms with E-state index in [9.17, 15) is 13.2 Å². The molecule has 21 heavy (non-hydrogen) atoms. The molecule has 114 valence electrons. The number of hydrogen-bond donors (Lipinski definition) is 2. The molecule has 0 bridgehead atoms. The minimum atomic E-state index is -3.89. The fraction of sp³-hybridized carbons (Fsp3) is 0.385. The predicted molar refractivity (Wildman–Crippen MR) is 78.7 cm³/mol. The minimum absolute atomic E-state index is 0.00735. The summed E-state index contributed by atoms with van der Waals surface area (Å²) in [5.41, 5.74) is 5.99. The van der Waals surface area contributed by atoms with E-state index in [1.54, 1.807) is 0 Å². The van der Waals surface area contributed by atoms with Crippen LogP contribution in [0.4, 0.5) is 5.69 Å². The number of likely N-dealkylation sites (N-methyl/N-ethyl adjacent to an activating group) is 1. The van der Waals surface area contributed by atoms with Gasteiger partial charge in [-0.15, -0.1) is 0 Å². The Morgan fingerprint density at radius 1 is 1.48 bits per heavy atom. The smallest absolute Gasteiger partial charge is 0.245 e. The summed E-state index contributed by atoms with van der Waals surface area (Å²) >= 11 is 0. The van der Waals surface area contributed by atoms with Gasteiger partial charge in [0.15, 0.2) is 0 Å². The van der Waals surface area contributed by atoms with Gasteiger partial charge in [-0.25, -0.2) is 8.42 Å². The summed E-state index contributed by atoms with van der Waals surface area (Å²) in [7, 11) is -2.45. The first-order valence-electron chi connectivity index (χ1n) is 6.37. The van der Waals surface area contributed by atoms with E-state index in [4.69, 9.17) is 11.0 Å². The summed E-state index contributed by atoms with van der Waals surface area (Å²) in [6.45, 7) is 1.75. The van der Waals surface area contributed by atoms with E-state index in [1.165, 1.54) is 25.2 Å². The molecule has 0 aliphatic rings. The Morgan fingerprint density at radius 3 is 2.62 bits per heavy atom. The second-order valence-corrected chi connectivity index (χ2v) is 6.28. The molecule has 0 spiro atoms. The lowest BCUT2D eigenvalue weighted by atomic mass is 10.2. The van der Waals surface area contributed by atoms with Crippen LogP contribution >= 0.6 is 0 Å². The van der Waals surface area contributed by atoms with Crippen molar-refractivity contribution in [1.29, 1.82) is 5.26 Å². The van der Waals surface area contributed by atoms with Crippen LogP contribution in [0.2, 0.25) is 0 Å². The molecule has 1 aromatic rings. The number of nitrogens with one attached hydrogen (secondary N) is 1. The maximum Gasteiger partial charge on any atom is 0.245 e. The highest BCUT2D eigenvalue weighted by atomic mass is 32.2. The van der Waals surface area contributed by atoms with Crippen molar-refractivity contribution in [2.45, 2.75) is 18.2 Å². The van der Waals surface area contributed by atoms with Crippen LogP contribution in [-0.4, -0.2) is 38.8 Å². The van der Waals surface area contributed by atoms with Crippen molar-refractivity contribution in [3.05, 3.63) is 23.8 Å². The zero-order valence-electron chi connectivity index (χ0n) is 12.0. The van der Waals surface area contributed by atoms with Gasteiger partial charge in [0.2, 0.25) is 15.9 Å². The number of benzene rings is 1. The van der Waals surface area contributed by atoms with Crippen LogP contribution in [0.15, 0.2) is 23.1 Å². The van der Waals surface area contributed by atoms with Gasteiger partial charge in [-0.1, -0.05) is 6.92 Å². The van der Waals surface area contributed by atoms with E-state index in [0.29, 0.717) is 6.42 Å². The fourth-order valence-electron chi connectivity index (χ4n) is 1.76. The molecule has 0 unspecified atom stereocenters. The molecule has 7 nitrogen and oxygen atoms in total. The number of rotatable bonds is 6. The third kappa shape index (κ3) is 3.93. The molecule has 0 atom stereocenters. The number of amides is 1. The van der Waals surface area contributed by atoms with Crippen LogP contribution in [0, 0.1) is 11.3 Å². The molecule has 1 rings (SSSR count). The van der Waals surface area contributed by atoms with Gasteiger partial charge < -0.3 is 11.1 Å². The number of hydrogen-bond acceptors (Lipinski definition) is 5. The van der Waals surface area contributed by atoms with E-state index in [0.717, 1.165) is 4.31 Å². The van der Waals surface area contributed by atoms with Crippen LogP contribution in [-0.2, 0) is 14.8 Å². The molecule has 0 aliphatic heterocycles. The molecule has 0 radical (unpaired) electrons. The molecule has 0 aliphatic carbocycles. The Kier molecular flexibility index (Phi) is 5.69. The number of carbonyl (C=O) groups is 1. The SMILES string of the molecule is CCCN(CC(=O)NC)S(=O)(=O)c1ccc(C#N)cc1N. The van der Waals surface area contributed by atoms with Crippen LogP contribution in [0.1, 0.15) is 18.9 Å². The maximum absolute atomic E-state index is 12.6. The van der Waals surface area contributed by atoms with E-state index in [1.807, 2.05) is 13.0 Å². The van der Waals surface area contributed by atoms with E-state index < -0.39 is 15.9 Å². The normalized spacial score (nSPS) is 11.1. The van der Waals surface area contributed by atoms with Crippen molar-refractivity contribution in [3.63, 3.8) is 0 Å². The summed E-state index contributed by atoms with van der Waals surface area (Å²) in [4.78, 5) is 11.4. The first-order valence-corrected chi connectivity index (χ1v) is 7.81. The Hall–Kier alpha value is -2.11. The van der Waals surface area contributed by atoms with Crippen molar-refractivity contribution >= 4 is 21.6 Å². The van der Waals surface area contributed by atoms with Gasteiger partial charge in [0.05, 0.1) is 23.9 Å². The lowest BCUT2D eigenvalue weighted by Gasteiger charge is -2.21. The molecular weight excluding hydrogens is 292 g/mol. The standard InChI is InChI=1S/C13H18N4O3S/c1-3-6-17(9-13(18)16-2)21(19,20)12-5-4-10(8-14)7-11(12)15/h4-5,7H,3,6,9,15H2,1-2H3,(H,16,18). The molecule has 3 N–H and O–H groups in total. The van der Waals surface area contributed by atoms with Crippen molar-refractivity contribution in [1.82, 2.24) is 9.62 Å². The summed E-state index contributed by atoms with van der Waals surface area (Å²) in [5.74, 6) is -0.403. The van der Waals surface area contributed by atoms with Crippen molar-refractivity contribution in [2.24, 2.45) is 0 Å². The lowest BCUT2D eigenvalue weighted by Crippen LogP contribution is -2.40. The van der Waals surface area contributed by atoms with Crippen molar-refractivity contribution in [2.75, 3.05) is 25.9 Å². The highest BCUT2D eigenvalue weighted by Gasteiger charge is 2.27. The number of carbonyl (C=O) groups excluding carboxylic acids is 1. The van der Waals surface area contributed by atoms with Gasteiger partial charge in [0.1, 0.15) is 4.90 Å². The highest BCUT2D eigenvalue weighted by molar-refractivity contribution is 7.89. The molecule has 0 fully saturated rings. The Morgan fingerprint density at radius 2 is 2.14 bits per heavy atom. The van der Waals surface area contributed by atoms with E-state index in [-0.39, 0.29) is 29.2 Å². The molecule has 1 aromatic carbocycles. The second kappa shape index (κ2) is 7.06. The zero-order valence-corrected chi connectivity index (χ0v) is 12.8. The molecule has 0 aromatic heterocycles. The number of anilines is 1.